The van der Waals surface area contributed by atoms with Crippen molar-refractivity contribution in [3.63, 3.8) is 0 Å². The highest BCUT2D eigenvalue weighted by Gasteiger charge is 2.17. The van der Waals surface area contributed by atoms with Gasteiger partial charge in [0.25, 0.3) is 0 Å². The Labute approximate surface area is 194 Å². The third-order valence-electron chi connectivity index (χ3n) is 7.04. The van der Waals surface area contributed by atoms with E-state index in [1.807, 2.05) is 0 Å². The molecule has 180 valence electrons. The summed E-state index contributed by atoms with van der Waals surface area (Å²) in [5, 5.41) is 10.5. The lowest BCUT2D eigenvalue weighted by atomic mass is 9.97. The molecule has 0 saturated carbocycles. The Kier molecular flexibility index (Phi) is 15.1. The Balaban J connectivity index is 2.24. The van der Waals surface area contributed by atoms with Crippen LogP contribution in [0.4, 0.5) is 0 Å². The van der Waals surface area contributed by atoms with Crippen molar-refractivity contribution in [1.29, 1.82) is 0 Å². The number of hydrazone groups is 1. The molecule has 0 aromatic heterocycles. The smallest absolute Gasteiger partial charge is 0.0649 e. The van der Waals surface area contributed by atoms with Crippen LogP contribution in [0.1, 0.15) is 142 Å². The van der Waals surface area contributed by atoms with Gasteiger partial charge in [-0.2, -0.15) is 5.10 Å². The van der Waals surface area contributed by atoms with Crippen molar-refractivity contribution >= 4 is 5.71 Å². The molecule has 1 aliphatic carbocycles. The topological polar surface area (TPSA) is 18.8 Å². The van der Waals surface area contributed by atoms with E-state index >= 15 is 0 Å². The van der Waals surface area contributed by atoms with Crippen molar-refractivity contribution < 1.29 is 0 Å². The fourth-order valence-corrected chi connectivity index (χ4v) is 4.93. The number of hydrogen-bond donors (Lipinski definition) is 0. The van der Waals surface area contributed by atoms with Gasteiger partial charge in [0, 0.05) is 13.1 Å². The second-order valence-corrected chi connectivity index (χ2v) is 9.92. The Hall–Kier alpha value is -0.830. The van der Waals surface area contributed by atoms with Crippen LogP contribution < -0.4 is 0 Å². The molecule has 2 aliphatic rings. The van der Waals surface area contributed by atoms with Crippen LogP contribution in [0.2, 0.25) is 0 Å². The maximum atomic E-state index is 5.47. The third-order valence-corrected chi connectivity index (χ3v) is 7.04. The maximum Gasteiger partial charge on any atom is 0.0649 e. The van der Waals surface area contributed by atoms with Crippen molar-refractivity contribution in [2.45, 2.75) is 142 Å². The minimum Gasteiger partial charge on any atom is -0.227 e. The molecule has 3 nitrogen and oxygen atoms in total. The van der Waals surface area contributed by atoms with Gasteiger partial charge >= 0.3 is 0 Å². The van der Waals surface area contributed by atoms with Gasteiger partial charge in [0.05, 0.1) is 12.3 Å². The number of unbranched alkanes of at least 4 members (excludes halogenated alkanes) is 2. The molecule has 0 unspecified atom stereocenters. The highest BCUT2D eigenvalue weighted by Crippen LogP contribution is 2.22. The molecule has 0 fully saturated rings. The van der Waals surface area contributed by atoms with Crippen molar-refractivity contribution in [2.24, 2.45) is 5.10 Å². The Morgan fingerprint density at radius 1 is 0.710 bits per heavy atom. The Morgan fingerprint density at radius 2 is 1.26 bits per heavy atom. The molecule has 0 aromatic carbocycles. The number of allylic oxidation sites excluding steroid dienone is 2. The molecule has 1 heterocycles. The maximum absolute atomic E-state index is 5.47. The van der Waals surface area contributed by atoms with E-state index in [4.69, 9.17) is 5.10 Å². The van der Waals surface area contributed by atoms with E-state index in [1.54, 1.807) is 5.57 Å². The van der Waals surface area contributed by atoms with E-state index < -0.39 is 0 Å². The zero-order valence-electron chi connectivity index (χ0n) is 21.2. The fraction of sp³-hybridized carbons (Fsp3) is 0.893. The van der Waals surface area contributed by atoms with Crippen LogP contribution in [0.15, 0.2) is 16.8 Å². The second kappa shape index (κ2) is 17.7. The van der Waals surface area contributed by atoms with Gasteiger partial charge in [-0.1, -0.05) is 90.6 Å². The molecule has 0 saturated heterocycles. The molecule has 31 heavy (non-hydrogen) atoms. The summed E-state index contributed by atoms with van der Waals surface area (Å²) in [6.07, 6.45) is 29.3. The normalized spacial score (nSPS) is 22.7. The molecule has 0 aromatic rings. The SMILES string of the molecule is CCCCN(CCCC)N1CCCCCCCCC(/C2=C/CCCCCCCCC2)=N1. The zero-order valence-corrected chi connectivity index (χ0v) is 21.2. The first-order valence-corrected chi connectivity index (χ1v) is 14.1. The van der Waals surface area contributed by atoms with E-state index in [-0.39, 0.29) is 0 Å². The molecule has 0 N–H and O–H groups in total. The summed E-state index contributed by atoms with van der Waals surface area (Å²) in [6, 6.07) is 0. The van der Waals surface area contributed by atoms with Gasteiger partial charge in [0.2, 0.25) is 0 Å². The van der Waals surface area contributed by atoms with Gasteiger partial charge in [-0.05, 0) is 63.4 Å². The lowest BCUT2D eigenvalue weighted by Gasteiger charge is -2.34. The van der Waals surface area contributed by atoms with E-state index in [0.717, 1.165) is 19.6 Å². The van der Waals surface area contributed by atoms with Gasteiger partial charge in [-0.25, -0.2) is 10.1 Å². The van der Waals surface area contributed by atoms with Crippen molar-refractivity contribution in [3.8, 4) is 0 Å². The summed E-state index contributed by atoms with van der Waals surface area (Å²) in [5.74, 6) is 0. The predicted molar refractivity (Wildman–Crippen MR) is 137 cm³/mol. The largest absolute Gasteiger partial charge is 0.227 e. The van der Waals surface area contributed by atoms with E-state index in [9.17, 15) is 0 Å². The number of hydrogen-bond acceptors (Lipinski definition) is 3. The first-order chi connectivity index (χ1) is 15.3. The zero-order chi connectivity index (χ0) is 22.0. The summed E-state index contributed by atoms with van der Waals surface area (Å²) in [5.41, 5.74) is 3.02. The quantitative estimate of drug-likeness (QED) is 0.383. The average molecular weight is 432 g/mol. The average Bonchev–Trinajstić information content (AvgIpc) is 2.88. The van der Waals surface area contributed by atoms with Crippen molar-refractivity contribution in [1.82, 2.24) is 10.1 Å². The van der Waals surface area contributed by atoms with Gasteiger partial charge < -0.3 is 0 Å². The molecular weight excluding hydrogens is 378 g/mol. The number of rotatable bonds is 8. The predicted octanol–water partition coefficient (Wildman–Crippen LogP) is 8.66. The molecule has 0 amide bonds. The lowest BCUT2D eigenvalue weighted by molar-refractivity contribution is -0.0272. The van der Waals surface area contributed by atoms with Crippen LogP contribution in [-0.4, -0.2) is 35.5 Å². The monoisotopic (exact) mass is 431 g/mol. The van der Waals surface area contributed by atoms with Crippen LogP contribution in [0.5, 0.6) is 0 Å². The van der Waals surface area contributed by atoms with Crippen LogP contribution in [0.3, 0.4) is 0 Å². The second-order valence-electron chi connectivity index (χ2n) is 9.92. The van der Waals surface area contributed by atoms with Gasteiger partial charge in [0.15, 0.2) is 0 Å². The van der Waals surface area contributed by atoms with Crippen LogP contribution in [0, 0.1) is 0 Å². The van der Waals surface area contributed by atoms with E-state index in [1.165, 1.54) is 134 Å². The highest BCUT2D eigenvalue weighted by atomic mass is 15.8. The van der Waals surface area contributed by atoms with Crippen LogP contribution >= 0.6 is 0 Å². The summed E-state index contributed by atoms with van der Waals surface area (Å²) in [7, 11) is 0. The van der Waals surface area contributed by atoms with E-state index in [0.29, 0.717) is 0 Å². The van der Waals surface area contributed by atoms with Crippen LogP contribution in [0.25, 0.3) is 0 Å². The first kappa shape index (κ1) is 26.4. The third kappa shape index (κ3) is 11.6. The lowest BCUT2D eigenvalue weighted by Crippen LogP contribution is -2.42. The molecule has 0 bridgehead atoms. The minimum atomic E-state index is 1.10. The van der Waals surface area contributed by atoms with E-state index in [2.05, 4.69) is 30.1 Å². The summed E-state index contributed by atoms with van der Waals surface area (Å²) in [6.45, 7) is 8.04. The van der Waals surface area contributed by atoms with Crippen molar-refractivity contribution in [2.75, 3.05) is 19.6 Å². The molecule has 3 heteroatoms. The molecule has 0 atom stereocenters. The molecular formula is C28H53N3. The Morgan fingerprint density at radius 3 is 1.90 bits per heavy atom. The van der Waals surface area contributed by atoms with Crippen molar-refractivity contribution in [3.05, 3.63) is 11.6 Å². The fourth-order valence-electron chi connectivity index (χ4n) is 4.93. The van der Waals surface area contributed by atoms with Crippen LogP contribution in [-0.2, 0) is 0 Å². The standard InChI is InChI=1S/C28H53N3/c1-3-5-24-30(25-6-4-2)31-26-20-16-12-11-15-19-23-28(29-31)27-21-17-13-9-7-8-10-14-18-22-27/h21H,3-20,22-26H2,1-2H3/b27-21+,29-28?. The van der Waals surface area contributed by atoms with Gasteiger partial charge in [0.1, 0.15) is 0 Å². The highest BCUT2D eigenvalue weighted by molar-refractivity contribution is 5.99. The summed E-state index contributed by atoms with van der Waals surface area (Å²) < 4.78 is 0. The molecule has 1 aliphatic heterocycles. The molecule has 2 rings (SSSR count). The minimum absolute atomic E-state index is 1.10. The Bertz CT molecular complexity index is 488. The van der Waals surface area contributed by atoms with Gasteiger partial charge in [-0.15, -0.1) is 0 Å². The van der Waals surface area contributed by atoms with Gasteiger partial charge in [-0.3, -0.25) is 0 Å². The number of hydrazine groups is 1. The summed E-state index contributed by atoms with van der Waals surface area (Å²) >= 11 is 0. The number of nitrogens with zero attached hydrogens (tertiary/aromatic N) is 3. The molecule has 0 radical (unpaired) electrons. The summed E-state index contributed by atoms with van der Waals surface area (Å²) in [4.78, 5) is 0. The molecule has 0 spiro atoms. The first-order valence-electron chi connectivity index (χ1n) is 14.1.